The third kappa shape index (κ3) is 3.17. The van der Waals surface area contributed by atoms with E-state index in [1.54, 1.807) is 0 Å². The molecule has 0 bridgehead atoms. The minimum atomic E-state index is 0.726. The van der Waals surface area contributed by atoms with Crippen LogP contribution in [0.15, 0.2) is 30.5 Å². The Balaban J connectivity index is 1.70. The van der Waals surface area contributed by atoms with E-state index in [9.17, 15) is 0 Å². The van der Waals surface area contributed by atoms with Gasteiger partial charge in [0.2, 0.25) is 0 Å². The van der Waals surface area contributed by atoms with Crippen molar-refractivity contribution < 1.29 is 0 Å². The second kappa shape index (κ2) is 5.35. The Labute approximate surface area is 118 Å². The monoisotopic (exact) mass is 275 g/mol. The number of rotatable bonds is 5. The van der Waals surface area contributed by atoms with E-state index in [-0.39, 0.29) is 0 Å². The SMILES string of the molecule is Cc1nn(Cc2ccccc2Cl)cc1CNC1CC1. The summed E-state index contributed by atoms with van der Waals surface area (Å²) >= 11 is 6.18. The molecule has 1 aromatic carbocycles. The Morgan fingerprint density at radius 1 is 1.32 bits per heavy atom. The summed E-state index contributed by atoms with van der Waals surface area (Å²) in [6, 6.07) is 8.65. The molecule has 0 aliphatic heterocycles. The predicted octanol–water partition coefficient (Wildman–Crippen LogP) is 3.15. The van der Waals surface area contributed by atoms with Gasteiger partial charge in [0.1, 0.15) is 0 Å². The lowest BCUT2D eigenvalue weighted by Gasteiger charge is -2.03. The van der Waals surface area contributed by atoms with Gasteiger partial charge in [-0.3, -0.25) is 4.68 Å². The topological polar surface area (TPSA) is 29.9 Å². The van der Waals surface area contributed by atoms with Crippen LogP contribution >= 0.6 is 11.6 Å². The lowest BCUT2D eigenvalue weighted by atomic mass is 10.2. The van der Waals surface area contributed by atoms with E-state index in [1.807, 2.05) is 28.9 Å². The molecule has 1 aromatic heterocycles. The van der Waals surface area contributed by atoms with Gasteiger partial charge >= 0.3 is 0 Å². The van der Waals surface area contributed by atoms with Crippen LogP contribution in [0.5, 0.6) is 0 Å². The van der Waals surface area contributed by atoms with Crippen molar-refractivity contribution in [2.75, 3.05) is 0 Å². The van der Waals surface area contributed by atoms with Gasteiger partial charge in [0.05, 0.1) is 12.2 Å². The molecule has 1 saturated carbocycles. The van der Waals surface area contributed by atoms with Crippen LogP contribution in [0.2, 0.25) is 5.02 Å². The summed E-state index contributed by atoms with van der Waals surface area (Å²) in [5.74, 6) is 0. The molecule has 0 amide bonds. The van der Waals surface area contributed by atoms with Crippen LogP contribution in [-0.4, -0.2) is 15.8 Å². The fourth-order valence-electron chi connectivity index (χ4n) is 2.16. The van der Waals surface area contributed by atoms with E-state index in [2.05, 4.69) is 23.5 Å². The first-order valence-corrected chi connectivity index (χ1v) is 7.10. The van der Waals surface area contributed by atoms with Gasteiger partial charge in [-0.1, -0.05) is 29.8 Å². The molecule has 2 aromatic rings. The van der Waals surface area contributed by atoms with Gasteiger partial charge in [-0.05, 0) is 31.4 Å². The number of hydrogen-bond donors (Lipinski definition) is 1. The van der Waals surface area contributed by atoms with Crippen LogP contribution in [0.3, 0.4) is 0 Å². The van der Waals surface area contributed by atoms with Crippen molar-refractivity contribution in [3.8, 4) is 0 Å². The summed E-state index contributed by atoms with van der Waals surface area (Å²) in [4.78, 5) is 0. The summed E-state index contributed by atoms with van der Waals surface area (Å²) in [7, 11) is 0. The highest BCUT2D eigenvalue weighted by Gasteiger charge is 2.20. The number of nitrogens with one attached hydrogen (secondary N) is 1. The van der Waals surface area contributed by atoms with Crippen molar-refractivity contribution in [2.45, 2.75) is 38.9 Å². The summed E-state index contributed by atoms with van der Waals surface area (Å²) in [5, 5.41) is 8.89. The molecule has 1 aliphatic carbocycles. The highest BCUT2D eigenvalue weighted by atomic mass is 35.5. The Kier molecular flexibility index (Phi) is 3.58. The van der Waals surface area contributed by atoms with E-state index >= 15 is 0 Å². The van der Waals surface area contributed by atoms with Gasteiger partial charge in [-0.2, -0.15) is 5.10 Å². The molecule has 19 heavy (non-hydrogen) atoms. The summed E-state index contributed by atoms with van der Waals surface area (Å²) in [6.07, 6.45) is 4.74. The molecular weight excluding hydrogens is 258 g/mol. The van der Waals surface area contributed by atoms with Crippen LogP contribution in [0.25, 0.3) is 0 Å². The second-order valence-corrected chi connectivity index (χ2v) is 5.59. The number of halogens is 1. The maximum Gasteiger partial charge on any atom is 0.0674 e. The molecule has 0 atom stereocenters. The largest absolute Gasteiger partial charge is 0.310 e. The number of hydrogen-bond acceptors (Lipinski definition) is 2. The van der Waals surface area contributed by atoms with Gasteiger partial charge in [0.15, 0.2) is 0 Å². The first-order chi connectivity index (χ1) is 9.22. The molecule has 100 valence electrons. The number of nitrogens with zero attached hydrogens (tertiary/aromatic N) is 2. The van der Waals surface area contributed by atoms with Crippen molar-refractivity contribution in [1.82, 2.24) is 15.1 Å². The normalized spacial score (nSPS) is 14.8. The molecule has 0 radical (unpaired) electrons. The van der Waals surface area contributed by atoms with Crippen molar-refractivity contribution >= 4 is 11.6 Å². The molecular formula is C15H18ClN3. The second-order valence-electron chi connectivity index (χ2n) is 5.18. The highest BCUT2D eigenvalue weighted by molar-refractivity contribution is 6.31. The summed E-state index contributed by atoms with van der Waals surface area (Å²) in [6.45, 7) is 3.70. The Morgan fingerprint density at radius 2 is 2.11 bits per heavy atom. The maximum absolute atomic E-state index is 6.18. The number of aromatic nitrogens is 2. The Morgan fingerprint density at radius 3 is 2.84 bits per heavy atom. The maximum atomic E-state index is 6.18. The average molecular weight is 276 g/mol. The third-order valence-electron chi connectivity index (χ3n) is 3.50. The number of benzene rings is 1. The quantitative estimate of drug-likeness (QED) is 0.908. The molecule has 1 fully saturated rings. The van der Waals surface area contributed by atoms with E-state index in [1.165, 1.54) is 18.4 Å². The molecule has 1 heterocycles. The van der Waals surface area contributed by atoms with Crippen molar-refractivity contribution in [2.24, 2.45) is 0 Å². The fraction of sp³-hybridized carbons (Fsp3) is 0.400. The van der Waals surface area contributed by atoms with Crippen LogP contribution in [-0.2, 0) is 13.1 Å². The zero-order chi connectivity index (χ0) is 13.2. The third-order valence-corrected chi connectivity index (χ3v) is 3.87. The zero-order valence-corrected chi connectivity index (χ0v) is 11.8. The summed E-state index contributed by atoms with van der Waals surface area (Å²) in [5.41, 5.74) is 3.48. The molecule has 0 spiro atoms. The van der Waals surface area contributed by atoms with Crippen LogP contribution in [0, 0.1) is 6.92 Å². The minimum absolute atomic E-state index is 0.726. The first-order valence-electron chi connectivity index (χ1n) is 6.72. The molecule has 1 aliphatic rings. The highest BCUT2D eigenvalue weighted by Crippen LogP contribution is 2.20. The van der Waals surface area contributed by atoms with Crippen LogP contribution < -0.4 is 5.32 Å². The van der Waals surface area contributed by atoms with Gasteiger partial charge < -0.3 is 5.32 Å². The number of aryl methyl sites for hydroxylation is 1. The molecule has 1 N–H and O–H groups in total. The zero-order valence-electron chi connectivity index (χ0n) is 11.1. The van der Waals surface area contributed by atoms with Gasteiger partial charge in [0, 0.05) is 29.4 Å². The Hall–Kier alpha value is -1.32. The van der Waals surface area contributed by atoms with Crippen molar-refractivity contribution in [3.05, 3.63) is 52.3 Å². The molecule has 4 heteroatoms. The van der Waals surface area contributed by atoms with Crippen LogP contribution in [0.1, 0.15) is 29.7 Å². The Bertz CT molecular complexity index is 573. The van der Waals surface area contributed by atoms with Crippen LogP contribution in [0.4, 0.5) is 0 Å². The minimum Gasteiger partial charge on any atom is -0.310 e. The smallest absolute Gasteiger partial charge is 0.0674 e. The lowest BCUT2D eigenvalue weighted by molar-refractivity contribution is 0.674. The van der Waals surface area contributed by atoms with Gasteiger partial charge in [-0.25, -0.2) is 0 Å². The van der Waals surface area contributed by atoms with Crippen molar-refractivity contribution in [3.63, 3.8) is 0 Å². The fourth-order valence-corrected chi connectivity index (χ4v) is 2.35. The first kappa shape index (κ1) is 12.7. The molecule has 0 unspecified atom stereocenters. The molecule has 0 saturated heterocycles. The molecule has 3 nitrogen and oxygen atoms in total. The van der Waals surface area contributed by atoms with E-state index in [4.69, 9.17) is 11.6 Å². The van der Waals surface area contributed by atoms with Gasteiger partial charge in [0.25, 0.3) is 0 Å². The van der Waals surface area contributed by atoms with E-state index in [0.29, 0.717) is 0 Å². The lowest BCUT2D eigenvalue weighted by Crippen LogP contribution is -2.15. The standard InChI is InChI=1S/C15H18ClN3/c1-11-13(8-17-14-6-7-14)10-19(18-11)9-12-4-2-3-5-15(12)16/h2-5,10,14,17H,6-9H2,1H3. The predicted molar refractivity (Wildman–Crippen MR) is 77.4 cm³/mol. The average Bonchev–Trinajstić information content (AvgIpc) is 3.15. The van der Waals surface area contributed by atoms with E-state index < -0.39 is 0 Å². The van der Waals surface area contributed by atoms with Crippen molar-refractivity contribution in [1.29, 1.82) is 0 Å². The van der Waals surface area contributed by atoms with Gasteiger partial charge in [-0.15, -0.1) is 0 Å². The molecule has 3 rings (SSSR count). The van der Waals surface area contributed by atoms with E-state index in [0.717, 1.165) is 35.4 Å². The summed E-state index contributed by atoms with van der Waals surface area (Å²) < 4.78 is 1.97.